The number of fused-ring (bicyclic) bond motifs is 1. The van der Waals surface area contributed by atoms with Gasteiger partial charge in [0.05, 0.1) is 12.3 Å². The summed E-state index contributed by atoms with van der Waals surface area (Å²) in [7, 11) is 0. The molecule has 0 spiro atoms. The van der Waals surface area contributed by atoms with Gasteiger partial charge in [-0.2, -0.15) is 10.1 Å². The number of aromatic nitrogens is 5. The van der Waals surface area contributed by atoms with Gasteiger partial charge in [0.2, 0.25) is 5.89 Å². The molecule has 5 rings (SSSR count). The van der Waals surface area contributed by atoms with Gasteiger partial charge in [0.1, 0.15) is 12.1 Å². The largest absolute Gasteiger partial charge is 0.392 e. The first kappa shape index (κ1) is 19.9. The van der Waals surface area contributed by atoms with E-state index < -0.39 is 0 Å². The molecule has 2 aromatic carbocycles. The van der Waals surface area contributed by atoms with Crippen LogP contribution in [0, 0.1) is 6.92 Å². The second-order valence-corrected chi connectivity index (χ2v) is 7.65. The Morgan fingerprint density at radius 1 is 1.06 bits per heavy atom. The van der Waals surface area contributed by atoms with E-state index in [9.17, 15) is 9.90 Å². The minimum Gasteiger partial charge on any atom is -0.392 e. The number of benzene rings is 2. The second kappa shape index (κ2) is 8.24. The smallest absolute Gasteiger partial charge is 0.277 e. The molecule has 0 amide bonds. The minimum absolute atomic E-state index is 0.132. The highest BCUT2D eigenvalue weighted by molar-refractivity contribution is 5.72. The summed E-state index contributed by atoms with van der Waals surface area (Å²) in [6.07, 6.45) is 3.87. The standard InChI is InChI=1S/C24H21N5O3/c1-16-6-5-7-17(12-16)13-20-25-21(32-27-20)14-28-10-11-29-23(24(28)31)19(15-30)22(26-29)18-8-3-2-4-9-18/h2-12,30H,13-15H2,1H3. The molecule has 160 valence electrons. The molecule has 0 unspecified atom stereocenters. The molecule has 0 aliphatic rings. The van der Waals surface area contributed by atoms with Crippen molar-refractivity contribution in [2.24, 2.45) is 0 Å². The molecule has 0 aliphatic heterocycles. The molecule has 32 heavy (non-hydrogen) atoms. The highest BCUT2D eigenvalue weighted by Crippen LogP contribution is 2.24. The van der Waals surface area contributed by atoms with Crippen molar-refractivity contribution in [2.45, 2.75) is 26.5 Å². The van der Waals surface area contributed by atoms with E-state index in [0.29, 0.717) is 34.9 Å². The first-order chi connectivity index (χ1) is 15.6. The molecule has 0 aliphatic carbocycles. The lowest BCUT2D eigenvalue weighted by molar-refractivity contribution is 0.283. The van der Waals surface area contributed by atoms with Crippen LogP contribution in [0.15, 0.2) is 76.3 Å². The Labute approximate surface area is 183 Å². The number of hydrogen-bond acceptors (Lipinski definition) is 6. The Hall–Kier alpha value is -4.04. The van der Waals surface area contributed by atoms with Gasteiger partial charge in [-0.15, -0.1) is 0 Å². The predicted molar refractivity (Wildman–Crippen MR) is 118 cm³/mol. The molecule has 0 saturated heterocycles. The molecular formula is C24H21N5O3. The van der Waals surface area contributed by atoms with Crippen LogP contribution in [-0.4, -0.2) is 29.4 Å². The lowest BCUT2D eigenvalue weighted by Crippen LogP contribution is -2.22. The van der Waals surface area contributed by atoms with Crippen LogP contribution in [-0.2, 0) is 19.6 Å². The van der Waals surface area contributed by atoms with Gasteiger partial charge in [0.25, 0.3) is 5.56 Å². The highest BCUT2D eigenvalue weighted by atomic mass is 16.5. The van der Waals surface area contributed by atoms with Crippen LogP contribution >= 0.6 is 0 Å². The maximum Gasteiger partial charge on any atom is 0.277 e. The Morgan fingerprint density at radius 3 is 2.69 bits per heavy atom. The third kappa shape index (κ3) is 3.72. The van der Waals surface area contributed by atoms with E-state index in [1.165, 1.54) is 14.6 Å². The summed E-state index contributed by atoms with van der Waals surface area (Å²) in [6, 6.07) is 17.6. The van der Waals surface area contributed by atoms with Crippen LogP contribution in [0.25, 0.3) is 16.8 Å². The molecule has 0 radical (unpaired) electrons. The number of nitrogens with zero attached hydrogens (tertiary/aromatic N) is 5. The monoisotopic (exact) mass is 427 g/mol. The number of aryl methyl sites for hydroxylation is 1. The molecule has 0 saturated carbocycles. The fourth-order valence-corrected chi connectivity index (χ4v) is 3.83. The molecule has 8 heteroatoms. The van der Waals surface area contributed by atoms with Crippen molar-refractivity contribution in [2.75, 3.05) is 0 Å². The Kier molecular flexibility index (Phi) is 5.12. The lowest BCUT2D eigenvalue weighted by atomic mass is 10.1. The van der Waals surface area contributed by atoms with Crippen LogP contribution in [0.1, 0.15) is 28.4 Å². The van der Waals surface area contributed by atoms with Crippen molar-refractivity contribution in [3.63, 3.8) is 0 Å². The number of aliphatic hydroxyl groups excluding tert-OH is 1. The van der Waals surface area contributed by atoms with E-state index >= 15 is 0 Å². The van der Waals surface area contributed by atoms with Crippen molar-refractivity contribution in [3.05, 3.63) is 106 Å². The quantitative estimate of drug-likeness (QED) is 0.447. The van der Waals surface area contributed by atoms with E-state index in [-0.39, 0.29) is 18.7 Å². The second-order valence-electron chi connectivity index (χ2n) is 7.65. The normalized spacial score (nSPS) is 11.3. The average molecular weight is 427 g/mol. The first-order valence-corrected chi connectivity index (χ1v) is 10.3. The van der Waals surface area contributed by atoms with Crippen molar-refractivity contribution < 1.29 is 9.63 Å². The molecule has 0 bridgehead atoms. The zero-order chi connectivity index (χ0) is 22.1. The van der Waals surface area contributed by atoms with Gasteiger partial charge in [0.15, 0.2) is 5.82 Å². The summed E-state index contributed by atoms with van der Waals surface area (Å²) in [5.74, 6) is 0.902. The first-order valence-electron chi connectivity index (χ1n) is 10.3. The van der Waals surface area contributed by atoms with Gasteiger partial charge < -0.3 is 14.2 Å². The van der Waals surface area contributed by atoms with Crippen LogP contribution in [0.5, 0.6) is 0 Å². The van der Waals surface area contributed by atoms with Crippen LogP contribution < -0.4 is 5.56 Å². The van der Waals surface area contributed by atoms with Crippen molar-refractivity contribution in [1.29, 1.82) is 0 Å². The van der Waals surface area contributed by atoms with Crippen LogP contribution in [0.3, 0.4) is 0 Å². The summed E-state index contributed by atoms with van der Waals surface area (Å²) < 4.78 is 8.36. The Morgan fingerprint density at radius 2 is 1.91 bits per heavy atom. The molecule has 5 aromatic rings. The van der Waals surface area contributed by atoms with E-state index in [4.69, 9.17) is 4.52 Å². The van der Waals surface area contributed by atoms with Crippen LogP contribution in [0.2, 0.25) is 0 Å². The molecule has 3 aromatic heterocycles. The molecule has 8 nitrogen and oxygen atoms in total. The van der Waals surface area contributed by atoms with Gasteiger partial charge in [0, 0.05) is 29.9 Å². The summed E-state index contributed by atoms with van der Waals surface area (Å²) in [4.78, 5) is 17.6. The maximum absolute atomic E-state index is 13.2. The van der Waals surface area contributed by atoms with Crippen molar-refractivity contribution in [3.8, 4) is 11.3 Å². The zero-order valence-electron chi connectivity index (χ0n) is 17.5. The number of rotatable bonds is 6. The summed E-state index contributed by atoms with van der Waals surface area (Å²) >= 11 is 0. The Balaban J connectivity index is 1.46. The third-order valence-electron chi connectivity index (χ3n) is 5.33. The molecule has 0 atom stereocenters. The third-order valence-corrected chi connectivity index (χ3v) is 5.33. The lowest BCUT2D eigenvalue weighted by Gasteiger charge is -2.03. The SMILES string of the molecule is Cc1cccc(Cc2noc(Cn3ccn4nc(-c5ccccc5)c(CO)c4c3=O)n2)c1. The molecular weight excluding hydrogens is 406 g/mol. The minimum atomic E-state index is -0.297. The highest BCUT2D eigenvalue weighted by Gasteiger charge is 2.18. The van der Waals surface area contributed by atoms with Gasteiger partial charge in [-0.25, -0.2) is 4.52 Å². The van der Waals surface area contributed by atoms with E-state index in [1.807, 2.05) is 55.5 Å². The number of hydrogen-bond donors (Lipinski definition) is 1. The average Bonchev–Trinajstić information content (AvgIpc) is 3.40. The molecule has 1 N–H and O–H groups in total. The maximum atomic E-state index is 13.2. The Bertz CT molecular complexity index is 1450. The molecule has 0 fully saturated rings. The van der Waals surface area contributed by atoms with E-state index in [1.54, 1.807) is 12.4 Å². The van der Waals surface area contributed by atoms with Gasteiger partial charge in [-0.05, 0) is 12.5 Å². The van der Waals surface area contributed by atoms with Gasteiger partial charge in [-0.1, -0.05) is 65.3 Å². The fourth-order valence-electron chi connectivity index (χ4n) is 3.83. The predicted octanol–water partition coefficient (Wildman–Crippen LogP) is 2.99. The van der Waals surface area contributed by atoms with E-state index in [2.05, 4.69) is 21.3 Å². The summed E-state index contributed by atoms with van der Waals surface area (Å²) in [5, 5.41) is 18.6. The number of aliphatic hydroxyl groups is 1. The fraction of sp³-hybridized carbons (Fsp3) is 0.167. The van der Waals surface area contributed by atoms with Crippen LogP contribution in [0.4, 0.5) is 0 Å². The summed E-state index contributed by atoms with van der Waals surface area (Å²) in [5.41, 5.74) is 4.21. The van der Waals surface area contributed by atoms with Crippen molar-refractivity contribution in [1.82, 2.24) is 24.3 Å². The van der Waals surface area contributed by atoms with E-state index in [0.717, 1.165) is 11.1 Å². The van der Waals surface area contributed by atoms with Crippen molar-refractivity contribution >= 4 is 5.52 Å². The topological polar surface area (TPSA) is 98.5 Å². The zero-order valence-corrected chi connectivity index (χ0v) is 17.5. The molecule has 3 heterocycles. The van der Waals surface area contributed by atoms with Gasteiger partial charge >= 0.3 is 0 Å². The van der Waals surface area contributed by atoms with Gasteiger partial charge in [-0.3, -0.25) is 4.79 Å². The summed E-state index contributed by atoms with van der Waals surface area (Å²) in [6.45, 7) is 1.87.